The highest BCUT2D eigenvalue weighted by Gasteiger charge is 2.29. The summed E-state index contributed by atoms with van der Waals surface area (Å²) in [4.78, 5) is 12.4. The van der Waals surface area contributed by atoms with Crippen LogP contribution in [-0.2, 0) is 10.0 Å². The lowest BCUT2D eigenvalue weighted by Crippen LogP contribution is -2.52. The molecule has 0 aromatic heterocycles. The summed E-state index contributed by atoms with van der Waals surface area (Å²) in [5.41, 5.74) is 0.507. The average molecular weight is 351 g/mol. The highest BCUT2D eigenvalue weighted by molar-refractivity contribution is 7.89. The molecule has 7 heteroatoms. The van der Waals surface area contributed by atoms with Gasteiger partial charge in [0, 0.05) is 37.3 Å². The number of hydrogen-bond donors (Lipinski definition) is 2. The Morgan fingerprint density at radius 3 is 2.58 bits per heavy atom. The van der Waals surface area contributed by atoms with Gasteiger partial charge in [0.1, 0.15) is 0 Å². The summed E-state index contributed by atoms with van der Waals surface area (Å²) in [5.74, 6) is -0.128. The molecule has 2 fully saturated rings. The van der Waals surface area contributed by atoms with Gasteiger partial charge in [-0.3, -0.25) is 4.79 Å². The number of rotatable bonds is 5. The molecule has 3 rings (SSSR count). The van der Waals surface area contributed by atoms with E-state index in [0.717, 1.165) is 25.7 Å². The Labute approximate surface area is 143 Å². The number of amides is 1. The van der Waals surface area contributed by atoms with Crippen LogP contribution in [0.15, 0.2) is 29.2 Å². The summed E-state index contributed by atoms with van der Waals surface area (Å²) in [6.07, 6.45) is 4.11. The molecule has 1 aliphatic carbocycles. The van der Waals surface area contributed by atoms with E-state index in [1.807, 2.05) is 6.92 Å². The summed E-state index contributed by atoms with van der Waals surface area (Å²) in [6.45, 7) is 3.68. The van der Waals surface area contributed by atoms with Crippen LogP contribution in [0.5, 0.6) is 0 Å². The van der Waals surface area contributed by atoms with Crippen LogP contribution >= 0.6 is 0 Å². The van der Waals surface area contributed by atoms with Gasteiger partial charge in [-0.05, 0) is 49.9 Å². The Bertz CT molecular complexity index is 684. The van der Waals surface area contributed by atoms with Crippen LogP contribution in [0.4, 0.5) is 0 Å². The Morgan fingerprint density at radius 2 is 2.00 bits per heavy atom. The van der Waals surface area contributed by atoms with Crippen molar-refractivity contribution in [2.24, 2.45) is 0 Å². The van der Waals surface area contributed by atoms with Crippen LogP contribution in [0, 0.1) is 0 Å². The molecule has 0 radical (unpaired) electrons. The van der Waals surface area contributed by atoms with E-state index in [9.17, 15) is 13.2 Å². The van der Waals surface area contributed by atoms with Gasteiger partial charge in [0.15, 0.2) is 0 Å². The predicted octanol–water partition coefficient (Wildman–Crippen LogP) is 1.34. The smallest absolute Gasteiger partial charge is 0.251 e. The van der Waals surface area contributed by atoms with Gasteiger partial charge in [-0.2, -0.15) is 4.31 Å². The molecule has 0 unspecified atom stereocenters. The number of sulfonamides is 1. The maximum absolute atomic E-state index is 12.8. The Balaban J connectivity index is 1.70. The fourth-order valence-corrected chi connectivity index (χ4v) is 4.52. The second kappa shape index (κ2) is 7.21. The number of benzene rings is 1. The summed E-state index contributed by atoms with van der Waals surface area (Å²) < 4.78 is 27.1. The largest absolute Gasteiger partial charge is 0.349 e. The van der Waals surface area contributed by atoms with Crippen molar-refractivity contribution in [2.45, 2.75) is 49.6 Å². The van der Waals surface area contributed by atoms with Crippen molar-refractivity contribution in [3.8, 4) is 0 Å². The van der Waals surface area contributed by atoms with E-state index >= 15 is 0 Å². The van der Waals surface area contributed by atoms with Gasteiger partial charge in [0.2, 0.25) is 10.0 Å². The molecule has 2 N–H and O–H groups in total. The van der Waals surface area contributed by atoms with Gasteiger partial charge in [-0.25, -0.2) is 8.42 Å². The molecule has 132 valence electrons. The summed E-state index contributed by atoms with van der Waals surface area (Å²) >= 11 is 0. The first-order chi connectivity index (χ1) is 11.5. The predicted molar refractivity (Wildman–Crippen MR) is 92.4 cm³/mol. The van der Waals surface area contributed by atoms with Crippen molar-refractivity contribution in [1.82, 2.24) is 14.9 Å². The third kappa shape index (κ3) is 3.63. The second-order valence-corrected chi connectivity index (χ2v) is 8.49. The number of nitrogens with zero attached hydrogens (tertiary/aromatic N) is 1. The SMILES string of the molecule is CC[C@@H]1CN(S(=O)(=O)c2ccc(C(=O)NC3CCC3)cc2)CCN1. The van der Waals surface area contributed by atoms with Crippen LogP contribution in [0.2, 0.25) is 0 Å². The second-order valence-electron chi connectivity index (χ2n) is 6.55. The third-order valence-electron chi connectivity index (χ3n) is 4.91. The van der Waals surface area contributed by atoms with Crippen LogP contribution in [-0.4, -0.2) is 50.3 Å². The quantitative estimate of drug-likeness (QED) is 0.839. The number of hydrogen-bond acceptors (Lipinski definition) is 4. The Hall–Kier alpha value is -1.44. The van der Waals surface area contributed by atoms with Crippen LogP contribution in [0.25, 0.3) is 0 Å². The number of carbonyl (C=O) groups is 1. The number of piperazine rings is 1. The van der Waals surface area contributed by atoms with E-state index < -0.39 is 10.0 Å². The Kier molecular flexibility index (Phi) is 5.22. The average Bonchev–Trinajstić information content (AvgIpc) is 2.58. The lowest BCUT2D eigenvalue weighted by Gasteiger charge is -2.32. The van der Waals surface area contributed by atoms with Crippen molar-refractivity contribution in [3.05, 3.63) is 29.8 Å². The minimum atomic E-state index is -3.50. The number of carbonyl (C=O) groups excluding carboxylic acids is 1. The van der Waals surface area contributed by atoms with Crippen molar-refractivity contribution in [3.63, 3.8) is 0 Å². The van der Waals surface area contributed by atoms with Gasteiger partial charge in [-0.15, -0.1) is 0 Å². The first-order valence-corrected chi connectivity index (χ1v) is 10.1. The molecule has 0 spiro atoms. The van der Waals surface area contributed by atoms with E-state index in [0.29, 0.717) is 25.2 Å². The zero-order valence-corrected chi connectivity index (χ0v) is 14.8. The molecule has 24 heavy (non-hydrogen) atoms. The van der Waals surface area contributed by atoms with E-state index in [1.54, 1.807) is 12.1 Å². The first kappa shape index (κ1) is 17.4. The fourth-order valence-electron chi connectivity index (χ4n) is 3.04. The molecule has 1 aliphatic heterocycles. The molecular weight excluding hydrogens is 326 g/mol. The van der Waals surface area contributed by atoms with Gasteiger partial charge in [-0.1, -0.05) is 6.92 Å². The minimum absolute atomic E-state index is 0.128. The molecule has 1 heterocycles. The van der Waals surface area contributed by atoms with Crippen LogP contribution in [0.1, 0.15) is 43.0 Å². The number of nitrogens with one attached hydrogen (secondary N) is 2. The van der Waals surface area contributed by atoms with Gasteiger partial charge in [0.05, 0.1) is 4.90 Å². The van der Waals surface area contributed by atoms with Gasteiger partial charge in [0.25, 0.3) is 5.91 Å². The maximum atomic E-state index is 12.8. The van der Waals surface area contributed by atoms with Crippen molar-refractivity contribution < 1.29 is 13.2 Å². The summed E-state index contributed by atoms with van der Waals surface area (Å²) in [5, 5.41) is 6.28. The normalized spacial score (nSPS) is 22.8. The zero-order chi connectivity index (χ0) is 17.2. The topological polar surface area (TPSA) is 78.5 Å². The molecule has 1 saturated carbocycles. The standard InChI is InChI=1S/C17H25N3O3S/c1-2-14-12-20(11-10-18-14)24(22,23)16-8-6-13(7-9-16)17(21)19-15-4-3-5-15/h6-9,14-15,18H,2-5,10-12H2,1H3,(H,19,21)/t14-/m1/s1. The van der Waals surface area contributed by atoms with Crippen LogP contribution < -0.4 is 10.6 Å². The molecule has 1 atom stereocenters. The molecule has 1 aromatic carbocycles. The molecule has 0 bridgehead atoms. The fraction of sp³-hybridized carbons (Fsp3) is 0.588. The van der Waals surface area contributed by atoms with Gasteiger partial charge < -0.3 is 10.6 Å². The molecule has 1 saturated heterocycles. The van der Waals surface area contributed by atoms with E-state index in [-0.39, 0.29) is 22.9 Å². The molecule has 2 aliphatic rings. The zero-order valence-electron chi connectivity index (χ0n) is 14.0. The molecular formula is C17H25N3O3S. The summed E-state index contributed by atoms with van der Waals surface area (Å²) in [7, 11) is -3.50. The maximum Gasteiger partial charge on any atom is 0.251 e. The van der Waals surface area contributed by atoms with Crippen molar-refractivity contribution in [2.75, 3.05) is 19.6 Å². The van der Waals surface area contributed by atoms with E-state index in [1.165, 1.54) is 16.4 Å². The van der Waals surface area contributed by atoms with E-state index in [2.05, 4.69) is 10.6 Å². The van der Waals surface area contributed by atoms with Crippen molar-refractivity contribution in [1.29, 1.82) is 0 Å². The first-order valence-electron chi connectivity index (χ1n) is 8.65. The Morgan fingerprint density at radius 1 is 1.29 bits per heavy atom. The minimum Gasteiger partial charge on any atom is -0.349 e. The molecule has 1 amide bonds. The lowest BCUT2D eigenvalue weighted by molar-refractivity contribution is 0.0917. The summed E-state index contributed by atoms with van der Waals surface area (Å²) in [6, 6.07) is 6.73. The van der Waals surface area contributed by atoms with Crippen molar-refractivity contribution >= 4 is 15.9 Å². The lowest BCUT2D eigenvalue weighted by atomic mass is 9.93. The highest BCUT2D eigenvalue weighted by Crippen LogP contribution is 2.20. The third-order valence-corrected chi connectivity index (χ3v) is 6.79. The molecule has 1 aromatic rings. The van der Waals surface area contributed by atoms with Crippen LogP contribution in [0.3, 0.4) is 0 Å². The highest BCUT2D eigenvalue weighted by atomic mass is 32.2. The molecule has 6 nitrogen and oxygen atoms in total. The van der Waals surface area contributed by atoms with E-state index in [4.69, 9.17) is 0 Å². The monoisotopic (exact) mass is 351 g/mol. The van der Waals surface area contributed by atoms with Gasteiger partial charge >= 0.3 is 0 Å².